The van der Waals surface area contributed by atoms with Crippen molar-refractivity contribution >= 4 is 24.8 Å². The maximum atomic E-state index is 5.03. The summed E-state index contributed by atoms with van der Waals surface area (Å²) < 4.78 is 0. The van der Waals surface area contributed by atoms with Gasteiger partial charge >= 0.3 is 17.4 Å². The van der Waals surface area contributed by atoms with Gasteiger partial charge in [-0.15, -0.1) is 24.8 Å². The van der Waals surface area contributed by atoms with Crippen LogP contribution in [0.2, 0.25) is 0 Å². The number of hydrogen-bond donors (Lipinski definition) is 1. The minimum atomic E-state index is 0. The minimum absolute atomic E-state index is 0. The number of benzene rings is 1. The van der Waals surface area contributed by atoms with Gasteiger partial charge in [0.15, 0.2) is 0 Å². The van der Waals surface area contributed by atoms with Gasteiger partial charge in [-0.2, -0.15) is 50.2 Å². The van der Waals surface area contributed by atoms with Crippen LogP contribution in [0, 0.1) is 12.1 Å². The summed E-state index contributed by atoms with van der Waals surface area (Å²) in [5.74, 6) is 0. The first-order valence-corrected chi connectivity index (χ1v) is 3.20. The third kappa shape index (κ3) is 32.9. The molecule has 76 valence electrons. The van der Waals surface area contributed by atoms with Crippen LogP contribution in [0.5, 0.6) is 0 Å². The van der Waals surface area contributed by atoms with E-state index in [2.05, 4.69) is 6.07 Å². The molecule has 0 spiro atoms. The quantitative estimate of drug-likeness (QED) is 0.713. The zero-order chi connectivity index (χ0) is 7.82. The Balaban J connectivity index is -0.0000000536. The molecule has 1 aromatic rings. The molecule has 1 rings (SSSR count). The summed E-state index contributed by atoms with van der Waals surface area (Å²) in [6, 6.07) is 13.4. The van der Waals surface area contributed by atoms with Gasteiger partial charge in [-0.3, -0.25) is 6.04 Å². The third-order valence-corrected chi connectivity index (χ3v) is 0.607. The van der Waals surface area contributed by atoms with Crippen LogP contribution in [-0.2, 0) is 17.4 Å². The smallest absolute Gasteiger partial charge is 0.481 e. The Morgan fingerprint density at radius 2 is 1.31 bits per heavy atom. The van der Waals surface area contributed by atoms with Crippen molar-refractivity contribution in [3.05, 3.63) is 42.4 Å². The second kappa shape index (κ2) is 18.2. The van der Waals surface area contributed by atoms with Gasteiger partial charge in [-0.25, -0.2) is 0 Å². The molecule has 0 saturated heterocycles. The van der Waals surface area contributed by atoms with Crippen LogP contribution in [0.15, 0.2) is 30.3 Å². The van der Waals surface area contributed by atoms with Crippen molar-refractivity contribution < 1.29 is 17.4 Å². The molecule has 1 nitrogen and oxygen atoms in total. The number of hydrogen-bond acceptors (Lipinski definition) is 1. The molecule has 4 heteroatoms. The minimum Gasteiger partial charge on any atom is -0.481 e. The van der Waals surface area contributed by atoms with Gasteiger partial charge in [-0.1, -0.05) is 0 Å². The molecule has 0 aliphatic carbocycles. The Morgan fingerprint density at radius 1 is 1.00 bits per heavy atom. The Hall–Kier alpha value is 0.292. The Bertz CT molecular complexity index is 118. The van der Waals surface area contributed by atoms with E-state index in [-0.39, 0.29) is 42.2 Å². The summed E-state index contributed by atoms with van der Waals surface area (Å²) in [5, 5.41) is 0. The van der Waals surface area contributed by atoms with Crippen molar-refractivity contribution in [3.8, 4) is 0 Å². The normalized spacial score (nSPS) is 6.46. The zero-order valence-electron chi connectivity index (χ0n) is 7.69. The van der Waals surface area contributed by atoms with Crippen molar-refractivity contribution in [1.29, 1.82) is 0 Å². The predicted molar refractivity (Wildman–Crippen MR) is 58.6 cm³/mol. The number of rotatable bonds is 0. The van der Waals surface area contributed by atoms with Gasteiger partial charge in [0.2, 0.25) is 0 Å². The fraction of sp³-hybridized carbons (Fsp3) is 0.222. The average Bonchev–Trinajstić information content (AvgIpc) is 1.90. The first-order chi connectivity index (χ1) is 4.73. The van der Waals surface area contributed by atoms with Gasteiger partial charge in [0.25, 0.3) is 0 Å². The van der Waals surface area contributed by atoms with E-state index >= 15 is 0 Å². The van der Waals surface area contributed by atoms with Crippen LogP contribution in [0.4, 0.5) is 0 Å². The molecular formula is C9H15Cl2CrN. The summed E-state index contributed by atoms with van der Waals surface area (Å²) in [6.07, 6.45) is 0. The molecule has 0 radical (unpaired) electrons. The van der Waals surface area contributed by atoms with Crippen molar-refractivity contribution in [1.82, 2.24) is 0 Å². The fourth-order valence-corrected chi connectivity index (χ4v) is 0.342. The number of nitrogens with two attached hydrogens (primary N) is 1. The molecule has 0 aromatic heterocycles. The van der Waals surface area contributed by atoms with E-state index in [9.17, 15) is 0 Å². The molecular weight excluding hydrogens is 245 g/mol. The summed E-state index contributed by atoms with van der Waals surface area (Å²) in [6.45, 7) is 3.72. The first kappa shape index (κ1) is 23.3. The van der Waals surface area contributed by atoms with Crippen molar-refractivity contribution in [2.45, 2.75) is 13.8 Å². The van der Waals surface area contributed by atoms with E-state index in [0.29, 0.717) is 0 Å². The molecule has 0 fully saturated rings. The molecule has 0 amide bonds. The topological polar surface area (TPSA) is 26.0 Å². The molecule has 1 aromatic carbocycles. The van der Waals surface area contributed by atoms with Crippen molar-refractivity contribution in [3.63, 3.8) is 0 Å². The van der Waals surface area contributed by atoms with Crippen LogP contribution in [0.25, 0.3) is 0 Å². The van der Waals surface area contributed by atoms with Crippen LogP contribution in [-0.4, -0.2) is 0 Å². The molecule has 0 bridgehead atoms. The standard InChI is InChI=1S/C6H5.C3H8N.2ClH.Cr/c1-2-4-6-5-3-1;1-3(2)4;;;/h1-5H;4H2,1-2H3;2*1H;/q2*-1;;;+2. The van der Waals surface area contributed by atoms with E-state index in [4.69, 9.17) is 5.73 Å². The van der Waals surface area contributed by atoms with E-state index < -0.39 is 0 Å². The molecule has 0 aliphatic heterocycles. The Kier molecular flexibility index (Phi) is 32.5. The van der Waals surface area contributed by atoms with E-state index in [0.717, 1.165) is 6.04 Å². The van der Waals surface area contributed by atoms with Crippen LogP contribution in [0.3, 0.4) is 0 Å². The molecule has 13 heavy (non-hydrogen) atoms. The zero-order valence-corrected chi connectivity index (χ0v) is 10.6. The van der Waals surface area contributed by atoms with E-state index in [1.165, 1.54) is 0 Å². The Morgan fingerprint density at radius 3 is 1.38 bits per heavy atom. The predicted octanol–water partition coefficient (Wildman–Crippen LogP) is 2.84. The Labute approximate surface area is 104 Å². The van der Waals surface area contributed by atoms with Crippen molar-refractivity contribution in [2.24, 2.45) is 5.73 Å². The second-order valence-electron chi connectivity index (χ2n) is 2.15. The van der Waals surface area contributed by atoms with Gasteiger partial charge in [0.05, 0.1) is 0 Å². The summed E-state index contributed by atoms with van der Waals surface area (Å²) >= 11 is 0. The molecule has 0 unspecified atom stereocenters. The average molecular weight is 260 g/mol. The maximum absolute atomic E-state index is 5.03. The summed E-state index contributed by atoms with van der Waals surface area (Å²) in [7, 11) is 0. The fourth-order valence-electron chi connectivity index (χ4n) is 0.342. The van der Waals surface area contributed by atoms with Crippen LogP contribution in [0.1, 0.15) is 13.8 Å². The van der Waals surface area contributed by atoms with Gasteiger partial charge in [-0.05, 0) is 0 Å². The van der Waals surface area contributed by atoms with Crippen molar-refractivity contribution in [2.75, 3.05) is 0 Å². The monoisotopic (exact) mass is 259 g/mol. The van der Waals surface area contributed by atoms with Gasteiger partial charge in [0.1, 0.15) is 0 Å². The molecule has 2 N–H and O–H groups in total. The van der Waals surface area contributed by atoms with Gasteiger partial charge < -0.3 is 5.73 Å². The summed E-state index contributed by atoms with van der Waals surface area (Å²) in [5.41, 5.74) is 5.03. The molecule has 0 atom stereocenters. The second-order valence-corrected chi connectivity index (χ2v) is 2.15. The SMILES string of the molecule is C[C-](C)N.Cl.Cl.[Cr+2].[c-]1ccccc1. The first-order valence-electron chi connectivity index (χ1n) is 3.20. The third-order valence-electron chi connectivity index (χ3n) is 0.607. The molecule has 0 heterocycles. The molecule has 0 saturated carbocycles. The van der Waals surface area contributed by atoms with Gasteiger partial charge in [0, 0.05) is 0 Å². The van der Waals surface area contributed by atoms with Crippen LogP contribution >= 0.6 is 24.8 Å². The number of halogens is 2. The van der Waals surface area contributed by atoms with E-state index in [1.807, 2.05) is 44.2 Å². The van der Waals surface area contributed by atoms with Crippen LogP contribution < -0.4 is 5.73 Å². The van der Waals surface area contributed by atoms with E-state index in [1.54, 1.807) is 0 Å². The maximum Gasteiger partial charge on any atom is 2.00 e. The largest absolute Gasteiger partial charge is 2.00 e. The molecule has 0 aliphatic rings. The summed E-state index contributed by atoms with van der Waals surface area (Å²) in [4.78, 5) is 0.